The van der Waals surface area contributed by atoms with Crippen LogP contribution in [-0.2, 0) is 0 Å². The second kappa shape index (κ2) is 6.87. The number of nitrogens with one attached hydrogen (secondary N) is 1. The van der Waals surface area contributed by atoms with E-state index in [1.165, 1.54) is 0 Å². The van der Waals surface area contributed by atoms with Crippen LogP contribution in [0.15, 0.2) is 77.2 Å². The van der Waals surface area contributed by atoms with E-state index in [-0.39, 0.29) is 5.88 Å². The summed E-state index contributed by atoms with van der Waals surface area (Å²) in [5.41, 5.74) is 5.55. The first-order valence-electron chi connectivity index (χ1n) is 9.35. The predicted molar refractivity (Wildman–Crippen MR) is 115 cm³/mol. The van der Waals surface area contributed by atoms with Crippen molar-refractivity contribution in [2.75, 3.05) is 0 Å². The predicted octanol–water partition coefficient (Wildman–Crippen LogP) is 4.32. The molecule has 2 aromatic heterocycles. The van der Waals surface area contributed by atoms with Crippen LogP contribution in [0.3, 0.4) is 0 Å². The van der Waals surface area contributed by atoms with Gasteiger partial charge < -0.3 is 10.1 Å². The molecule has 29 heavy (non-hydrogen) atoms. The van der Waals surface area contributed by atoms with E-state index in [1.54, 1.807) is 12.4 Å². The summed E-state index contributed by atoms with van der Waals surface area (Å²) in [5, 5.41) is 21.9. The number of rotatable bonds is 3. The Morgan fingerprint density at radius 3 is 2.66 bits per heavy atom. The maximum atomic E-state index is 10.4. The molecule has 0 spiro atoms. The molecule has 140 valence electrons. The van der Waals surface area contributed by atoms with Crippen molar-refractivity contribution in [3.05, 3.63) is 94.1 Å². The topological polar surface area (TPSA) is 73.6 Å². The molecule has 3 heterocycles. The van der Waals surface area contributed by atoms with E-state index in [9.17, 15) is 5.11 Å². The molecule has 0 radical (unpaired) electrons. The number of aromatic nitrogens is 2. The van der Waals surface area contributed by atoms with E-state index < -0.39 is 0 Å². The highest BCUT2D eigenvalue weighted by molar-refractivity contribution is 5.92. The Hall–Kier alpha value is -3.99. The fraction of sp³-hybridized carbons (Fsp3) is 0.0417. The molecule has 0 saturated heterocycles. The molecule has 4 aromatic rings. The van der Waals surface area contributed by atoms with E-state index in [2.05, 4.69) is 26.3 Å². The smallest absolute Gasteiger partial charge is 0.196 e. The largest absolute Gasteiger partial charge is 0.494 e. The molecule has 0 aliphatic carbocycles. The van der Waals surface area contributed by atoms with E-state index in [4.69, 9.17) is 0 Å². The number of nitrogens with zero attached hydrogens (tertiary/aromatic N) is 3. The molecule has 0 unspecified atom stereocenters. The van der Waals surface area contributed by atoms with Crippen molar-refractivity contribution in [2.24, 2.45) is 10.2 Å². The maximum Gasteiger partial charge on any atom is 0.196 e. The number of fused-ring (bicyclic) bond motifs is 2. The van der Waals surface area contributed by atoms with Gasteiger partial charge in [-0.25, -0.2) is 0 Å². The lowest BCUT2D eigenvalue weighted by atomic mass is 10.1. The van der Waals surface area contributed by atoms with Gasteiger partial charge in [-0.2, -0.15) is 0 Å². The average Bonchev–Trinajstić information content (AvgIpc) is 3.28. The third-order valence-electron chi connectivity index (χ3n) is 4.99. The number of H-pyrrole nitrogens is 1. The number of aryl methyl sites for hydroxylation is 1. The van der Waals surface area contributed by atoms with Gasteiger partial charge in [0.1, 0.15) is 0 Å². The molecule has 5 heteroatoms. The van der Waals surface area contributed by atoms with Crippen molar-refractivity contribution in [2.45, 2.75) is 6.92 Å². The Bertz CT molecular complexity index is 1410. The Labute approximate surface area is 167 Å². The van der Waals surface area contributed by atoms with E-state index in [0.29, 0.717) is 0 Å². The van der Waals surface area contributed by atoms with Gasteiger partial charge in [0.2, 0.25) is 0 Å². The standard InChI is InChI=1S/C24H18N4O/c1-15-2-6-21-19(12-15)20(24(29)26-21)13-17-3-5-18-22(27-28-23(18)14-17)7-4-16-8-10-25-11-9-16/h2-14,26,29H,1H3. The highest BCUT2D eigenvalue weighted by Crippen LogP contribution is 2.28. The molecule has 0 fully saturated rings. The zero-order chi connectivity index (χ0) is 19.8. The fourth-order valence-corrected chi connectivity index (χ4v) is 3.50. The summed E-state index contributed by atoms with van der Waals surface area (Å²) in [5.74, 6) is 0.167. The summed E-state index contributed by atoms with van der Waals surface area (Å²) in [6.07, 6.45) is 9.45. The first-order chi connectivity index (χ1) is 14.2. The number of azo groups is 1. The van der Waals surface area contributed by atoms with Crippen molar-refractivity contribution in [3.63, 3.8) is 0 Å². The van der Waals surface area contributed by atoms with Crippen LogP contribution in [0.4, 0.5) is 5.69 Å². The molecule has 0 amide bonds. The Morgan fingerprint density at radius 1 is 0.931 bits per heavy atom. The van der Waals surface area contributed by atoms with Gasteiger partial charge in [0.05, 0.1) is 11.4 Å². The number of hydrogen-bond acceptors (Lipinski definition) is 4. The maximum absolute atomic E-state index is 10.4. The number of pyridine rings is 1. The van der Waals surface area contributed by atoms with Crippen LogP contribution < -0.4 is 10.4 Å². The minimum absolute atomic E-state index is 0.167. The van der Waals surface area contributed by atoms with Crippen LogP contribution >= 0.6 is 0 Å². The molecule has 0 atom stereocenters. The second-order valence-corrected chi connectivity index (χ2v) is 7.06. The van der Waals surface area contributed by atoms with Gasteiger partial charge in [0, 0.05) is 34.1 Å². The monoisotopic (exact) mass is 378 g/mol. The van der Waals surface area contributed by atoms with Crippen molar-refractivity contribution < 1.29 is 5.11 Å². The summed E-state index contributed by atoms with van der Waals surface area (Å²) in [7, 11) is 0. The van der Waals surface area contributed by atoms with Crippen LogP contribution in [0.5, 0.6) is 5.88 Å². The molecule has 0 bridgehead atoms. The molecular weight excluding hydrogens is 360 g/mol. The molecule has 2 aromatic carbocycles. The van der Waals surface area contributed by atoms with E-state index in [1.807, 2.05) is 67.6 Å². The zero-order valence-corrected chi connectivity index (χ0v) is 15.8. The number of benzene rings is 2. The first-order valence-corrected chi connectivity index (χ1v) is 9.35. The minimum atomic E-state index is 0.167. The molecule has 0 saturated carbocycles. The SMILES string of the molecule is Cc1ccc2[nH]c(O)c(C=c3ccc4c(c3)N=NC=4C=Cc3ccncc3)c2c1. The lowest BCUT2D eigenvalue weighted by Crippen LogP contribution is -2.08. The third-order valence-corrected chi connectivity index (χ3v) is 4.99. The lowest BCUT2D eigenvalue weighted by molar-refractivity contribution is 0.457. The van der Waals surface area contributed by atoms with Crippen LogP contribution in [0.25, 0.3) is 28.8 Å². The lowest BCUT2D eigenvalue weighted by Gasteiger charge is -1.96. The van der Waals surface area contributed by atoms with Crippen LogP contribution in [0.2, 0.25) is 0 Å². The number of aromatic amines is 1. The summed E-state index contributed by atoms with van der Waals surface area (Å²) >= 11 is 0. The normalized spacial score (nSPS) is 13.7. The highest BCUT2D eigenvalue weighted by atomic mass is 16.3. The van der Waals surface area contributed by atoms with E-state index >= 15 is 0 Å². The molecule has 1 aliphatic rings. The summed E-state index contributed by atoms with van der Waals surface area (Å²) < 4.78 is 0. The van der Waals surface area contributed by atoms with Crippen molar-refractivity contribution in [3.8, 4) is 5.88 Å². The van der Waals surface area contributed by atoms with Crippen molar-refractivity contribution >= 4 is 34.4 Å². The molecule has 1 aliphatic heterocycles. The van der Waals surface area contributed by atoms with Gasteiger partial charge in [-0.3, -0.25) is 4.98 Å². The van der Waals surface area contributed by atoms with Gasteiger partial charge >= 0.3 is 0 Å². The number of aromatic hydroxyl groups is 1. The Morgan fingerprint density at radius 2 is 1.79 bits per heavy atom. The quantitative estimate of drug-likeness (QED) is 0.557. The molecule has 2 N–H and O–H groups in total. The minimum Gasteiger partial charge on any atom is -0.494 e. The van der Waals surface area contributed by atoms with Gasteiger partial charge in [0.25, 0.3) is 0 Å². The first kappa shape index (κ1) is 17.1. The highest BCUT2D eigenvalue weighted by Gasteiger charge is 2.10. The van der Waals surface area contributed by atoms with Crippen molar-refractivity contribution in [1.82, 2.24) is 9.97 Å². The molecule has 5 rings (SSSR count). The number of hydrogen-bond donors (Lipinski definition) is 2. The van der Waals surface area contributed by atoms with Crippen LogP contribution in [0.1, 0.15) is 16.7 Å². The second-order valence-electron chi connectivity index (χ2n) is 7.06. The summed E-state index contributed by atoms with van der Waals surface area (Å²) in [6, 6.07) is 16.0. The zero-order valence-electron chi connectivity index (χ0n) is 15.8. The van der Waals surface area contributed by atoms with Gasteiger partial charge in [-0.05, 0) is 66.3 Å². The van der Waals surface area contributed by atoms with Crippen LogP contribution in [-0.4, -0.2) is 15.1 Å². The Balaban J connectivity index is 1.57. The van der Waals surface area contributed by atoms with Gasteiger partial charge in [-0.1, -0.05) is 23.8 Å². The fourth-order valence-electron chi connectivity index (χ4n) is 3.50. The third kappa shape index (κ3) is 3.23. The van der Waals surface area contributed by atoms with Gasteiger partial charge in [0.15, 0.2) is 5.88 Å². The Kier molecular flexibility index (Phi) is 4.06. The van der Waals surface area contributed by atoms with Gasteiger partial charge in [-0.15, -0.1) is 10.2 Å². The molecule has 5 nitrogen and oxygen atoms in total. The van der Waals surface area contributed by atoms with Crippen molar-refractivity contribution in [1.29, 1.82) is 0 Å². The summed E-state index contributed by atoms with van der Waals surface area (Å²) in [6.45, 7) is 2.04. The van der Waals surface area contributed by atoms with Crippen LogP contribution in [0, 0.1) is 6.92 Å². The molecular formula is C24H18N4O. The average molecular weight is 378 g/mol. The summed E-state index contributed by atoms with van der Waals surface area (Å²) in [4.78, 5) is 7.06. The van der Waals surface area contributed by atoms with E-state index in [0.717, 1.165) is 49.4 Å².